The molecule has 43 heavy (non-hydrogen) atoms. The number of fused-ring (bicyclic) bond motifs is 4. The summed E-state index contributed by atoms with van der Waals surface area (Å²) < 4.78 is 44.7. The van der Waals surface area contributed by atoms with Gasteiger partial charge in [0.1, 0.15) is 97.7 Å². The average molecular weight is 631 g/mol. The van der Waals surface area contributed by atoms with E-state index in [0.717, 1.165) is 0 Å². The summed E-state index contributed by atoms with van der Waals surface area (Å²) >= 11 is 0. The van der Waals surface area contributed by atoms with Crippen molar-refractivity contribution in [3.8, 4) is 0 Å². The number of aliphatic hydroxyl groups is 10. The highest BCUT2D eigenvalue weighted by Crippen LogP contribution is 2.37. The Labute approximate surface area is 243 Å². The van der Waals surface area contributed by atoms with Gasteiger partial charge in [-0.1, -0.05) is 0 Å². The Bertz CT molecular complexity index is 929. The number of hydrogen-bond acceptors (Lipinski definition) is 19. The van der Waals surface area contributed by atoms with Gasteiger partial charge in [0.15, 0.2) is 25.2 Å². The summed E-state index contributed by atoms with van der Waals surface area (Å²) in [5.74, 6) is 0. The molecule has 0 aromatic rings. The summed E-state index contributed by atoms with van der Waals surface area (Å²) in [4.78, 5) is 11.2. The van der Waals surface area contributed by atoms with E-state index >= 15 is 0 Å². The first-order valence-electron chi connectivity index (χ1n) is 13.8. The van der Waals surface area contributed by atoms with Crippen LogP contribution in [-0.2, 0) is 42.7 Å². The van der Waals surface area contributed by atoms with E-state index in [1.165, 1.54) is 0 Å². The first-order chi connectivity index (χ1) is 20.5. The highest BCUT2D eigenvalue weighted by atomic mass is 16.8. The van der Waals surface area contributed by atoms with Crippen LogP contribution in [0.1, 0.15) is 0 Å². The zero-order valence-corrected chi connectivity index (χ0v) is 22.5. The maximum Gasteiger partial charge on any atom is 0.187 e. The quantitative estimate of drug-likeness (QED) is 0.0895. The molecule has 0 aromatic heterocycles. The number of carbonyl (C=O) groups excluding carboxylic acids is 1. The Morgan fingerprint density at radius 2 is 1.33 bits per heavy atom. The van der Waals surface area contributed by atoms with Crippen molar-refractivity contribution in [1.82, 2.24) is 0 Å². The molecule has 19 unspecified atom stereocenters. The Kier molecular flexibility index (Phi) is 10.7. The monoisotopic (exact) mass is 630 g/mol. The maximum absolute atomic E-state index is 11.2. The van der Waals surface area contributed by atoms with Gasteiger partial charge in [0, 0.05) is 0 Å². The Hall–Kier alpha value is -1.05. The van der Waals surface area contributed by atoms with Gasteiger partial charge in [0.25, 0.3) is 0 Å². The van der Waals surface area contributed by atoms with Gasteiger partial charge in [-0.15, -0.1) is 0 Å². The van der Waals surface area contributed by atoms with Crippen molar-refractivity contribution in [1.29, 1.82) is 0 Å². The van der Waals surface area contributed by atoms with E-state index in [1.807, 2.05) is 0 Å². The van der Waals surface area contributed by atoms with Crippen LogP contribution < -0.4 is 0 Å². The van der Waals surface area contributed by atoms with Crippen LogP contribution in [0.2, 0.25) is 0 Å². The van der Waals surface area contributed by atoms with Gasteiger partial charge in [0.05, 0.1) is 26.4 Å². The van der Waals surface area contributed by atoms with Crippen LogP contribution in [-0.4, -0.2) is 200 Å². The molecule has 0 radical (unpaired) electrons. The summed E-state index contributed by atoms with van der Waals surface area (Å²) in [7, 11) is 0. The van der Waals surface area contributed by atoms with Crippen molar-refractivity contribution >= 4 is 6.29 Å². The molecule has 4 bridgehead atoms. The fourth-order valence-electron chi connectivity index (χ4n) is 5.82. The SMILES string of the molecule is O=CC(O)C(OC1OC2COC(C1O)C2OC1OC(CO)C(O)C(OC2OC3COC(C3O)C2O)C1O)C(O)C(O)CO. The molecule has 248 valence electrons. The van der Waals surface area contributed by atoms with E-state index in [-0.39, 0.29) is 19.5 Å². The molecule has 5 aliphatic heterocycles. The predicted molar refractivity (Wildman–Crippen MR) is 128 cm³/mol. The third kappa shape index (κ3) is 6.35. The first kappa shape index (κ1) is 33.3. The fraction of sp³-hybridized carbons (Fsp3) is 0.958. The molecule has 5 rings (SSSR count). The van der Waals surface area contributed by atoms with E-state index in [2.05, 4.69) is 0 Å². The smallest absolute Gasteiger partial charge is 0.187 e. The molecule has 0 aromatic carbocycles. The second-order valence-electron chi connectivity index (χ2n) is 11.0. The van der Waals surface area contributed by atoms with Crippen LogP contribution in [0.4, 0.5) is 0 Å². The van der Waals surface area contributed by atoms with Gasteiger partial charge in [-0.25, -0.2) is 0 Å². The van der Waals surface area contributed by atoms with E-state index in [4.69, 9.17) is 43.0 Å². The molecule has 0 amide bonds. The van der Waals surface area contributed by atoms with Crippen molar-refractivity contribution in [2.75, 3.05) is 26.4 Å². The lowest BCUT2D eigenvalue weighted by molar-refractivity contribution is -0.367. The lowest BCUT2D eigenvalue weighted by Gasteiger charge is -2.46. The van der Waals surface area contributed by atoms with Crippen LogP contribution in [0, 0.1) is 0 Å². The number of rotatable bonds is 12. The second kappa shape index (κ2) is 13.7. The van der Waals surface area contributed by atoms with Crippen molar-refractivity contribution < 1.29 is 93.8 Å². The van der Waals surface area contributed by atoms with Gasteiger partial charge in [-0.2, -0.15) is 0 Å². The highest BCUT2D eigenvalue weighted by molar-refractivity contribution is 5.56. The average Bonchev–Trinajstić information content (AvgIpc) is 3.46. The minimum Gasteiger partial charge on any atom is -0.394 e. The molecular weight excluding hydrogens is 592 g/mol. The van der Waals surface area contributed by atoms with Crippen molar-refractivity contribution in [2.45, 2.75) is 117 Å². The molecule has 5 fully saturated rings. The third-order valence-corrected chi connectivity index (χ3v) is 8.25. The summed E-state index contributed by atoms with van der Waals surface area (Å²) in [6.07, 6.45) is -27.9. The Morgan fingerprint density at radius 3 is 2.00 bits per heavy atom. The molecule has 0 saturated carbocycles. The number of hydrogen-bond donors (Lipinski definition) is 10. The molecule has 10 N–H and O–H groups in total. The Balaban J connectivity index is 1.26. The van der Waals surface area contributed by atoms with Crippen LogP contribution in [0.5, 0.6) is 0 Å². The lowest BCUT2D eigenvalue weighted by Crippen LogP contribution is -2.65. The van der Waals surface area contributed by atoms with E-state index in [0.29, 0.717) is 0 Å². The van der Waals surface area contributed by atoms with Gasteiger partial charge < -0.3 is 93.8 Å². The first-order valence-corrected chi connectivity index (χ1v) is 13.8. The molecule has 0 aliphatic carbocycles. The summed E-state index contributed by atoms with van der Waals surface area (Å²) in [6, 6.07) is 0. The van der Waals surface area contributed by atoms with Gasteiger partial charge in [0.2, 0.25) is 0 Å². The standard InChI is InChI=1S/C24H38O19/c25-1-6(28)11(30)17(7(29)2-26)41-24-16(35)21-18(10(40-24)5-37-21)42-23-15(34)20(12(31)8(3-27)38-23)43-22-14(33)19-13(32)9(39-22)4-36-19/h2,6-25,27-35H,1,3-5H2. The largest absolute Gasteiger partial charge is 0.394 e. The fourth-order valence-corrected chi connectivity index (χ4v) is 5.82. The van der Waals surface area contributed by atoms with Crippen molar-refractivity contribution in [2.24, 2.45) is 0 Å². The Morgan fingerprint density at radius 1 is 0.721 bits per heavy atom. The van der Waals surface area contributed by atoms with Gasteiger partial charge >= 0.3 is 0 Å². The molecule has 5 aliphatic rings. The third-order valence-electron chi connectivity index (χ3n) is 8.25. The highest BCUT2D eigenvalue weighted by Gasteiger charge is 2.58. The van der Waals surface area contributed by atoms with Gasteiger partial charge in [-0.3, -0.25) is 0 Å². The van der Waals surface area contributed by atoms with Crippen LogP contribution in [0.25, 0.3) is 0 Å². The predicted octanol–water partition coefficient (Wildman–Crippen LogP) is -7.81. The summed E-state index contributed by atoms with van der Waals surface area (Å²) in [5.41, 5.74) is 0. The molecule has 19 atom stereocenters. The zero-order chi connectivity index (χ0) is 31.2. The molecule has 0 spiro atoms. The molecule has 19 heteroatoms. The molecule has 5 heterocycles. The minimum absolute atomic E-state index is 0.0139. The number of ether oxygens (including phenoxy) is 8. The summed E-state index contributed by atoms with van der Waals surface area (Å²) in [6.45, 7) is -1.84. The summed E-state index contributed by atoms with van der Waals surface area (Å²) in [5, 5.41) is 102. The van der Waals surface area contributed by atoms with Crippen molar-refractivity contribution in [3.05, 3.63) is 0 Å². The van der Waals surface area contributed by atoms with E-state index < -0.39 is 130 Å². The molecule has 5 saturated heterocycles. The van der Waals surface area contributed by atoms with Crippen LogP contribution in [0.15, 0.2) is 0 Å². The number of carbonyl (C=O) groups is 1. The van der Waals surface area contributed by atoms with Crippen molar-refractivity contribution in [3.63, 3.8) is 0 Å². The molecule has 19 nitrogen and oxygen atoms in total. The number of aliphatic hydroxyl groups excluding tert-OH is 10. The van der Waals surface area contributed by atoms with Crippen LogP contribution >= 0.6 is 0 Å². The topological polar surface area (TPSA) is 293 Å². The minimum atomic E-state index is -1.97. The normalized spacial score (nSPS) is 48.9. The second-order valence-corrected chi connectivity index (χ2v) is 11.0. The van der Waals surface area contributed by atoms with Crippen LogP contribution in [0.3, 0.4) is 0 Å². The zero-order valence-electron chi connectivity index (χ0n) is 22.5. The van der Waals surface area contributed by atoms with E-state index in [9.17, 15) is 50.8 Å². The molecular formula is C24H38O19. The van der Waals surface area contributed by atoms with Gasteiger partial charge in [-0.05, 0) is 0 Å². The number of aldehydes is 1. The lowest BCUT2D eigenvalue weighted by atomic mass is 9.97. The maximum atomic E-state index is 11.2. The van der Waals surface area contributed by atoms with E-state index in [1.54, 1.807) is 0 Å².